The van der Waals surface area contributed by atoms with Gasteiger partial charge in [0, 0.05) is 29.1 Å². The van der Waals surface area contributed by atoms with Crippen LogP contribution in [0.2, 0.25) is 0 Å². The number of benzene rings is 2. The van der Waals surface area contributed by atoms with Crippen molar-refractivity contribution < 1.29 is 13.9 Å². The second-order valence-corrected chi connectivity index (χ2v) is 7.18. The number of ether oxygens (including phenoxy) is 1. The molecule has 0 aliphatic rings. The van der Waals surface area contributed by atoms with E-state index in [-0.39, 0.29) is 24.1 Å². The molecule has 0 fully saturated rings. The van der Waals surface area contributed by atoms with Crippen LogP contribution in [0, 0.1) is 17.1 Å². The summed E-state index contributed by atoms with van der Waals surface area (Å²) in [4.78, 5) is 17.5. The summed E-state index contributed by atoms with van der Waals surface area (Å²) < 4.78 is 21.8. The SMILES string of the molecule is N#CCCCOc1cccnc1NC(=O)c1cc2ccccc2n1Cc1ccccc1F. The first-order valence-corrected chi connectivity index (χ1v) is 10.2. The number of carbonyl (C=O) groups excluding carboxylic acids is 1. The van der Waals surface area contributed by atoms with Crippen molar-refractivity contribution in [3.8, 4) is 11.8 Å². The Bertz CT molecular complexity index is 1290. The maximum absolute atomic E-state index is 14.3. The molecular weight excluding hydrogens is 407 g/mol. The van der Waals surface area contributed by atoms with Crippen molar-refractivity contribution in [2.75, 3.05) is 11.9 Å². The fraction of sp³-hybridized carbons (Fsp3) is 0.160. The molecule has 0 saturated carbocycles. The third-order valence-corrected chi connectivity index (χ3v) is 5.02. The molecule has 7 heteroatoms. The number of carbonyl (C=O) groups is 1. The highest BCUT2D eigenvalue weighted by Gasteiger charge is 2.19. The van der Waals surface area contributed by atoms with E-state index in [1.807, 2.05) is 24.3 Å². The minimum Gasteiger partial charge on any atom is -0.490 e. The van der Waals surface area contributed by atoms with E-state index in [0.717, 1.165) is 10.9 Å². The summed E-state index contributed by atoms with van der Waals surface area (Å²) in [7, 11) is 0. The van der Waals surface area contributed by atoms with E-state index in [1.54, 1.807) is 47.2 Å². The van der Waals surface area contributed by atoms with Gasteiger partial charge in [0.25, 0.3) is 5.91 Å². The lowest BCUT2D eigenvalue weighted by Gasteiger charge is -2.13. The summed E-state index contributed by atoms with van der Waals surface area (Å²) in [5.74, 6) is 0.0141. The van der Waals surface area contributed by atoms with Crippen molar-refractivity contribution in [3.05, 3.63) is 90.0 Å². The maximum atomic E-state index is 14.3. The lowest BCUT2D eigenvalue weighted by atomic mass is 10.2. The Kier molecular flexibility index (Phi) is 6.42. The minimum atomic E-state index is -0.377. The Morgan fingerprint density at radius 2 is 1.94 bits per heavy atom. The predicted octanol–water partition coefficient (Wildman–Crippen LogP) is 5.16. The molecule has 2 aromatic heterocycles. The van der Waals surface area contributed by atoms with Crippen molar-refractivity contribution in [1.29, 1.82) is 5.26 Å². The molecule has 2 heterocycles. The van der Waals surface area contributed by atoms with E-state index in [4.69, 9.17) is 10.00 Å². The Labute approximate surface area is 184 Å². The summed E-state index contributed by atoms with van der Waals surface area (Å²) in [5, 5.41) is 12.4. The van der Waals surface area contributed by atoms with Crippen LogP contribution in [0.15, 0.2) is 72.9 Å². The molecule has 4 aromatic rings. The molecule has 0 radical (unpaired) electrons. The predicted molar refractivity (Wildman–Crippen MR) is 120 cm³/mol. The molecule has 0 spiro atoms. The average Bonchev–Trinajstić information content (AvgIpc) is 3.18. The van der Waals surface area contributed by atoms with Crippen LogP contribution < -0.4 is 10.1 Å². The fourth-order valence-corrected chi connectivity index (χ4v) is 3.47. The molecule has 0 aliphatic heterocycles. The molecule has 1 N–H and O–H groups in total. The average molecular weight is 428 g/mol. The van der Waals surface area contributed by atoms with Gasteiger partial charge in [-0.25, -0.2) is 9.37 Å². The van der Waals surface area contributed by atoms with Crippen LogP contribution in [0.25, 0.3) is 10.9 Å². The van der Waals surface area contributed by atoms with Crippen molar-refractivity contribution in [3.63, 3.8) is 0 Å². The monoisotopic (exact) mass is 428 g/mol. The van der Waals surface area contributed by atoms with E-state index >= 15 is 0 Å². The number of aromatic nitrogens is 2. The van der Waals surface area contributed by atoms with Gasteiger partial charge in [0.2, 0.25) is 0 Å². The highest BCUT2D eigenvalue weighted by atomic mass is 19.1. The largest absolute Gasteiger partial charge is 0.490 e. The molecule has 0 unspecified atom stereocenters. The number of unbranched alkanes of at least 4 members (excludes halogenated alkanes) is 1. The van der Waals surface area contributed by atoms with Crippen molar-refractivity contribution in [2.45, 2.75) is 19.4 Å². The van der Waals surface area contributed by atoms with Gasteiger partial charge in [0.1, 0.15) is 11.5 Å². The number of hydrogen-bond donors (Lipinski definition) is 1. The van der Waals surface area contributed by atoms with Crippen molar-refractivity contribution >= 4 is 22.6 Å². The highest BCUT2D eigenvalue weighted by molar-refractivity contribution is 6.06. The van der Waals surface area contributed by atoms with Crippen LogP contribution >= 0.6 is 0 Å². The molecule has 0 aliphatic carbocycles. The normalized spacial score (nSPS) is 10.6. The molecule has 0 atom stereocenters. The van der Waals surface area contributed by atoms with Gasteiger partial charge in [-0.3, -0.25) is 4.79 Å². The number of pyridine rings is 1. The summed E-state index contributed by atoms with van der Waals surface area (Å²) >= 11 is 0. The standard InChI is InChI=1S/C25H21FN4O2/c26-20-10-3-1-9-19(20)17-30-21-11-4-2-8-18(21)16-22(30)25(31)29-24-23(12-7-14-28-24)32-15-6-5-13-27/h1-4,7-12,14,16H,5-6,15,17H2,(H,28,29,31). The molecule has 160 valence electrons. The first-order chi connectivity index (χ1) is 15.7. The number of anilines is 1. The van der Waals surface area contributed by atoms with Gasteiger partial charge in [-0.1, -0.05) is 36.4 Å². The van der Waals surface area contributed by atoms with E-state index in [9.17, 15) is 9.18 Å². The van der Waals surface area contributed by atoms with Gasteiger partial charge in [-0.15, -0.1) is 0 Å². The van der Waals surface area contributed by atoms with Gasteiger partial charge in [0.05, 0.1) is 19.2 Å². The number of rotatable bonds is 8. The van der Waals surface area contributed by atoms with Crippen LogP contribution in [-0.2, 0) is 6.54 Å². The van der Waals surface area contributed by atoms with E-state index in [2.05, 4.69) is 16.4 Å². The number of amides is 1. The number of para-hydroxylation sites is 1. The van der Waals surface area contributed by atoms with Crippen LogP contribution in [0.4, 0.5) is 10.2 Å². The molecule has 6 nitrogen and oxygen atoms in total. The lowest BCUT2D eigenvalue weighted by molar-refractivity contribution is 0.101. The van der Waals surface area contributed by atoms with E-state index in [0.29, 0.717) is 36.5 Å². The quantitative estimate of drug-likeness (QED) is 0.393. The molecule has 32 heavy (non-hydrogen) atoms. The zero-order valence-corrected chi connectivity index (χ0v) is 17.3. The topological polar surface area (TPSA) is 79.9 Å². The summed E-state index contributed by atoms with van der Waals surface area (Å²) in [6.07, 6.45) is 2.53. The first kappa shape index (κ1) is 21.1. The molecule has 1 amide bonds. The molecule has 4 rings (SSSR count). The number of nitrogens with one attached hydrogen (secondary N) is 1. The number of nitrogens with zero attached hydrogens (tertiary/aromatic N) is 3. The number of hydrogen-bond acceptors (Lipinski definition) is 4. The highest BCUT2D eigenvalue weighted by Crippen LogP contribution is 2.25. The Balaban J connectivity index is 1.64. The van der Waals surface area contributed by atoms with Gasteiger partial charge < -0.3 is 14.6 Å². The Morgan fingerprint density at radius 3 is 2.78 bits per heavy atom. The lowest BCUT2D eigenvalue weighted by Crippen LogP contribution is -2.19. The summed E-state index contributed by atoms with van der Waals surface area (Å²) in [5.41, 5.74) is 1.70. The van der Waals surface area contributed by atoms with Gasteiger partial charge in [0.15, 0.2) is 11.6 Å². The number of nitriles is 1. The van der Waals surface area contributed by atoms with E-state index in [1.165, 1.54) is 6.07 Å². The number of fused-ring (bicyclic) bond motifs is 1. The summed E-state index contributed by atoms with van der Waals surface area (Å²) in [6.45, 7) is 0.554. The first-order valence-electron chi connectivity index (χ1n) is 10.2. The van der Waals surface area contributed by atoms with Crippen LogP contribution in [-0.4, -0.2) is 22.1 Å². The van der Waals surface area contributed by atoms with E-state index < -0.39 is 0 Å². The minimum absolute atomic E-state index is 0.211. The van der Waals surface area contributed by atoms with Crippen molar-refractivity contribution in [1.82, 2.24) is 9.55 Å². The van der Waals surface area contributed by atoms with Gasteiger partial charge >= 0.3 is 0 Å². The molecular formula is C25H21FN4O2. The molecule has 0 saturated heterocycles. The third kappa shape index (κ3) is 4.60. The fourth-order valence-electron chi connectivity index (χ4n) is 3.47. The number of halogens is 1. The zero-order chi connectivity index (χ0) is 22.3. The molecule has 0 bridgehead atoms. The Morgan fingerprint density at radius 1 is 1.12 bits per heavy atom. The van der Waals surface area contributed by atoms with Crippen molar-refractivity contribution in [2.24, 2.45) is 0 Å². The van der Waals surface area contributed by atoms with Gasteiger partial charge in [-0.2, -0.15) is 5.26 Å². The van der Waals surface area contributed by atoms with Crippen LogP contribution in [0.1, 0.15) is 28.9 Å². The smallest absolute Gasteiger partial charge is 0.273 e. The third-order valence-electron chi connectivity index (χ3n) is 5.02. The molecule has 2 aromatic carbocycles. The second kappa shape index (κ2) is 9.75. The summed E-state index contributed by atoms with van der Waals surface area (Å²) in [6, 6.07) is 21.4. The maximum Gasteiger partial charge on any atom is 0.273 e. The second-order valence-electron chi connectivity index (χ2n) is 7.18. The zero-order valence-electron chi connectivity index (χ0n) is 17.3. The van der Waals surface area contributed by atoms with Crippen LogP contribution in [0.3, 0.4) is 0 Å². The van der Waals surface area contributed by atoms with Crippen LogP contribution in [0.5, 0.6) is 5.75 Å². The van der Waals surface area contributed by atoms with Gasteiger partial charge in [-0.05, 0) is 36.8 Å². The Hall–Kier alpha value is -4.18.